The lowest BCUT2D eigenvalue weighted by atomic mass is 10.3. The van der Waals surface area contributed by atoms with E-state index in [0.717, 1.165) is 6.20 Å². The predicted octanol–water partition coefficient (Wildman–Crippen LogP) is 1.92. The fourth-order valence-corrected chi connectivity index (χ4v) is 1.19. The number of nitrogens with one attached hydrogen (secondary N) is 1. The van der Waals surface area contributed by atoms with Gasteiger partial charge in [-0.2, -0.15) is 0 Å². The summed E-state index contributed by atoms with van der Waals surface area (Å²) in [5, 5.41) is 2.52. The average molecular weight is 253 g/mol. The lowest BCUT2D eigenvalue weighted by Gasteiger charge is -2.04. The van der Waals surface area contributed by atoms with Crippen LogP contribution < -0.4 is 5.32 Å². The van der Waals surface area contributed by atoms with E-state index in [-0.39, 0.29) is 16.5 Å². The van der Waals surface area contributed by atoms with E-state index in [4.69, 9.17) is 11.6 Å². The molecule has 86 valence electrons. The highest BCUT2D eigenvalue weighted by Crippen LogP contribution is 2.12. The Kier molecular flexibility index (Phi) is 3.24. The van der Waals surface area contributed by atoms with E-state index >= 15 is 0 Å². The average Bonchev–Trinajstić information content (AvgIpc) is 2.33. The first-order chi connectivity index (χ1) is 8.16. The minimum Gasteiger partial charge on any atom is -0.318 e. The maximum Gasteiger partial charge on any atom is 0.275 e. The molecule has 1 N–H and O–H groups in total. The Morgan fingerprint density at radius 1 is 1.29 bits per heavy atom. The van der Waals surface area contributed by atoms with Gasteiger partial charge in [-0.25, -0.2) is 14.4 Å². The summed E-state index contributed by atoms with van der Waals surface area (Å²) in [5.41, 5.74) is 0.0763. The highest BCUT2D eigenvalue weighted by atomic mass is 35.5. The van der Waals surface area contributed by atoms with Crippen molar-refractivity contribution in [2.75, 3.05) is 5.32 Å². The van der Waals surface area contributed by atoms with Crippen LogP contribution in [0.15, 0.2) is 30.9 Å². The molecule has 0 aliphatic carbocycles. The molecule has 2 aromatic heterocycles. The molecule has 7 heteroatoms. The Morgan fingerprint density at radius 3 is 2.76 bits per heavy atom. The molecule has 0 unspecified atom stereocenters. The lowest BCUT2D eigenvalue weighted by Crippen LogP contribution is -2.14. The second kappa shape index (κ2) is 4.84. The minimum absolute atomic E-state index is 0.0294. The normalized spacial score (nSPS) is 10.0. The zero-order chi connectivity index (χ0) is 12.3. The summed E-state index contributed by atoms with van der Waals surface area (Å²) in [6, 6.07) is 1.34. The molecule has 0 saturated carbocycles. The van der Waals surface area contributed by atoms with Gasteiger partial charge < -0.3 is 5.32 Å². The van der Waals surface area contributed by atoms with E-state index in [1.807, 2.05) is 0 Å². The van der Waals surface area contributed by atoms with Gasteiger partial charge in [0, 0.05) is 6.20 Å². The number of carbonyl (C=O) groups is 1. The highest BCUT2D eigenvalue weighted by molar-refractivity contribution is 6.29. The molecule has 0 aromatic carbocycles. The highest BCUT2D eigenvalue weighted by Gasteiger charge is 2.10. The molecule has 0 bridgehead atoms. The van der Waals surface area contributed by atoms with Crippen LogP contribution in [0.25, 0.3) is 0 Å². The Bertz CT molecular complexity index is 546. The molecule has 2 rings (SSSR count). The largest absolute Gasteiger partial charge is 0.318 e. The van der Waals surface area contributed by atoms with Crippen LogP contribution in [0.2, 0.25) is 5.15 Å². The second-order valence-electron chi connectivity index (χ2n) is 3.03. The summed E-state index contributed by atoms with van der Waals surface area (Å²) in [5.74, 6) is -1.19. The van der Waals surface area contributed by atoms with Gasteiger partial charge in [-0.1, -0.05) is 11.6 Å². The molecule has 17 heavy (non-hydrogen) atoms. The monoisotopic (exact) mass is 252 g/mol. The number of hydrogen-bond acceptors (Lipinski definition) is 4. The topological polar surface area (TPSA) is 67.8 Å². The van der Waals surface area contributed by atoms with E-state index in [9.17, 15) is 9.18 Å². The van der Waals surface area contributed by atoms with Crippen LogP contribution in [0.1, 0.15) is 10.5 Å². The van der Waals surface area contributed by atoms with E-state index in [1.165, 1.54) is 24.7 Å². The zero-order valence-corrected chi connectivity index (χ0v) is 9.15. The second-order valence-corrected chi connectivity index (χ2v) is 3.42. The third kappa shape index (κ3) is 2.73. The van der Waals surface area contributed by atoms with Crippen LogP contribution in [-0.2, 0) is 0 Å². The summed E-state index contributed by atoms with van der Waals surface area (Å²) in [6.45, 7) is 0. The van der Waals surface area contributed by atoms with Gasteiger partial charge in [0.1, 0.15) is 10.8 Å². The maximum atomic E-state index is 13.2. The van der Waals surface area contributed by atoms with Crippen molar-refractivity contribution < 1.29 is 9.18 Å². The fourth-order valence-electron chi connectivity index (χ4n) is 1.09. The smallest absolute Gasteiger partial charge is 0.275 e. The number of hydrogen-bond donors (Lipinski definition) is 1. The molecule has 0 saturated heterocycles. The molecule has 0 aliphatic rings. The number of aromatic nitrogens is 3. The van der Waals surface area contributed by atoms with Crippen LogP contribution in [0, 0.1) is 5.82 Å². The SMILES string of the molecule is O=C(Nc1ccncc1F)c1cnc(Cl)cn1. The summed E-state index contributed by atoms with van der Waals surface area (Å²) in [6.07, 6.45) is 4.81. The van der Waals surface area contributed by atoms with Gasteiger partial charge in [-0.3, -0.25) is 9.78 Å². The number of rotatable bonds is 2. The number of pyridine rings is 1. The van der Waals surface area contributed by atoms with Crippen molar-refractivity contribution in [3.05, 3.63) is 47.5 Å². The Hall–Kier alpha value is -2.08. The minimum atomic E-state index is -0.622. The summed E-state index contributed by atoms with van der Waals surface area (Å²) in [7, 11) is 0. The van der Waals surface area contributed by atoms with Gasteiger partial charge in [-0.05, 0) is 6.07 Å². The molecule has 0 fully saturated rings. The third-order valence-corrected chi connectivity index (χ3v) is 2.07. The molecule has 2 heterocycles. The summed E-state index contributed by atoms with van der Waals surface area (Å²) >= 11 is 5.53. The van der Waals surface area contributed by atoms with Gasteiger partial charge in [0.05, 0.1) is 24.3 Å². The number of anilines is 1. The van der Waals surface area contributed by atoms with Crippen LogP contribution >= 0.6 is 11.6 Å². The number of nitrogens with zero attached hydrogens (tertiary/aromatic N) is 3. The molecule has 0 radical (unpaired) electrons. The number of halogens is 2. The van der Waals surface area contributed by atoms with E-state index in [1.54, 1.807) is 0 Å². The molecule has 0 aliphatic heterocycles. The molecule has 0 atom stereocenters. The van der Waals surface area contributed by atoms with Crippen LogP contribution in [-0.4, -0.2) is 20.9 Å². The lowest BCUT2D eigenvalue weighted by molar-refractivity contribution is 0.102. The first-order valence-corrected chi connectivity index (χ1v) is 4.93. The van der Waals surface area contributed by atoms with Gasteiger partial charge in [0.2, 0.25) is 0 Å². The molecule has 2 aromatic rings. The Balaban J connectivity index is 2.17. The number of carbonyl (C=O) groups excluding carboxylic acids is 1. The van der Waals surface area contributed by atoms with Crippen molar-refractivity contribution in [2.24, 2.45) is 0 Å². The standard InChI is InChI=1S/C10H6ClFN4O/c11-9-5-14-8(4-15-9)10(17)16-7-1-2-13-3-6(7)12/h1-5H,(H,13,16,17). The number of amides is 1. The van der Waals surface area contributed by atoms with Crippen LogP contribution in [0.3, 0.4) is 0 Å². The van der Waals surface area contributed by atoms with Gasteiger partial charge in [0.25, 0.3) is 5.91 Å². The van der Waals surface area contributed by atoms with Gasteiger partial charge in [-0.15, -0.1) is 0 Å². The van der Waals surface area contributed by atoms with Gasteiger partial charge in [0.15, 0.2) is 5.82 Å². The van der Waals surface area contributed by atoms with E-state index in [0.29, 0.717) is 0 Å². The quantitative estimate of drug-likeness (QED) is 0.887. The predicted molar refractivity (Wildman–Crippen MR) is 59.2 cm³/mol. The van der Waals surface area contributed by atoms with Crippen molar-refractivity contribution in [2.45, 2.75) is 0 Å². The van der Waals surface area contributed by atoms with Crippen LogP contribution in [0.4, 0.5) is 10.1 Å². The van der Waals surface area contributed by atoms with Crippen LogP contribution in [0.5, 0.6) is 0 Å². The Labute approximate surface area is 101 Å². The van der Waals surface area contributed by atoms with Crippen molar-refractivity contribution in [3.63, 3.8) is 0 Å². The van der Waals surface area contributed by atoms with Crippen molar-refractivity contribution >= 4 is 23.2 Å². The van der Waals surface area contributed by atoms with Gasteiger partial charge >= 0.3 is 0 Å². The molecular weight excluding hydrogens is 247 g/mol. The zero-order valence-electron chi connectivity index (χ0n) is 8.39. The first kappa shape index (κ1) is 11.4. The van der Waals surface area contributed by atoms with E-state index < -0.39 is 11.7 Å². The molecule has 0 spiro atoms. The van der Waals surface area contributed by atoms with Crippen molar-refractivity contribution in [1.82, 2.24) is 15.0 Å². The molecule has 5 nitrogen and oxygen atoms in total. The summed E-state index contributed by atoms with van der Waals surface area (Å²) in [4.78, 5) is 22.7. The van der Waals surface area contributed by atoms with E-state index in [2.05, 4.69) is 20.3 Å². The summed E-state index contributed by atoms with van der Waals surface area (Å²) < 4.78 is 13.2. The third-order valence-electron chi connectivity index (χ3n) is 1.87. The first-order valence-electron chi connectivity index (χ1n) is 4.55. The van der Waals surface area contributed by atoms with Crippen molar-refractivity contribution in [3.8, 4) is 0 Å². The Morgan fingerprint density at radius 2 is 2.12 bits per heavy atom. The molecular formula is C10H6ClFN4O. The fraction of sp³-hybridized carbons (Fsp3) is 0. The maximum absolute atomic E-state index is 13.2. The van der Waals surface area contributed by atoms with Crippen molar-refractivity contribution in [1.29, 1.82) is 0 Å². The molecule has 1 amide bonds.